The number of aromatic nitrogens is 1. The molecule has 17 heavy (non-hydrogen) atoms. The van der Waals surface area contributed by atoms with Crippen LogP contribution in [0, 0.1) is 0 Å². The first-order valence-electron chi connectivity index (χ1n) is 5.31. The molecule has 0 radical (unpaired) electrons. The number of piperazine rings is 1. The number of rotatable bonds is 3. The normalized spacial score (nSPS) is 20.6. The van der Waals surface area contributed by atoms with E-state index in [-0.39, 0.29) is 24.4 Å². The fourth-order valence-electron chi connectivity index (χ4n) is 1.63. The number of amides is 2. The third-order valence-corrected chi connectivity index (χ3v) is 3.60. The average Bonchev–Trinajstić information content (AvgIpc) is 2.72. The summed E-state index contributed by atoms with van der Waals surface area (Å²) in [5.41, 5.74) is 0. The second kappa shape index (κ2) is 4.80. The molecule has 2 heterocycles. The van der Waals surface area contributed by atoms with Crippen LogP contribution in [0.4, 0.5) is 5.13 Å². The summed E-state index contributed by atoms with van der Waals surface area (Å²) >= 11 is 1.49. The van der Waals surface area contributed by atoms with Gasteiger partial charge in [-0.1, -0.05) is 0 Å². The molecule has 1 unspecified atom stereocenters. The van der Waals surface area contributed by atoms with E-state index in [0.717, 1.165) is 11.4 Å². The van der Waals surface area contributed by atoms with Gasteiger partial charge in [0.05, 0.1) is 0 Å². The lowest BCUT2D eigenvalue weighted by atomic mass is 10.2. The standard InChI is InChI=1S/C10H14N4O2S/c1-6-9(16)13-8(15)5-14(6)10-12-4-7(17-10)3-11-2/h4,6,11H,3,5H2,1-2H3,(H,13,15,16). The summed E-state index contributed by atoms with van der Waals surface area (Å²) in [6, 6.07) is -0.360. The molecule has 1 aliphatic heterocycles. The van der Waals surface area contributed by atoms with E-state index >= 15 is 0 Å². The zero-order chi connectivity index (χ0) is 12.4. The van der Waals surface area contributed by atoms with Crippen molar-refractivity contribution >= 4 is 28.3 Å². The van der Waals surface area contributed by atoms with Gasteiger partial charge in [-0.25, -0.2) is 4.98 Å². The number of hydrogen-bond donors (Lipinski definition) is 2. The third kappa shape index (κ3) is 2.45. The summed E-state index contributed by atoms with van der Waals surface area (Å²) in [7, 11) is 1.86. The number of thiazole rings is 1. The highest BCUT2D eigenvalue weighted by Crippen LogP contribution is 2.25. The molecule has 0 aromatic carbocycles. The van der Waals surface area contributed by atoms with Gasteiger partial charge in [0.2, 0.25) is 11.8 Å². The topological polar surface area (TPSA) is 74.3 Å². The first-order chi connectivity index (χ1) is 8.11. The maximum atomic E-state index is 11.5. The van der Waals surface area contributed by atoms with E-state index in [9.17, 15) is 9.59 Å². The summed E-state index contributed by atoms with van der Waals surface area (Å²) in [5.74, 6) is -0.551. The molecule has 0 aliphatic carbocycles. The highest BCUT2D eigenvalue weighted by molar-refractivity contribution is 7.15. The number of nitrogens with zero attached hydrogens (tertiary/aromatic N) is 2. The number of anilines is 1. The SMILES string of the molecule is CNCc1cnc(N2CC(=O)NC(=O)C2C)s1. The van der Waals surface area contributed by atoms with Gasteiger partial charge >= 0.3 is 0 Å². The minimum atomic E-state index is -0.360. The monoisotopic (exact) mass is 254 g/mol. The first-order valence-corrected chi connectivity index (χ1v) is 6.13. The molecule has 2 N–H and O–H groups in total. The molecule has 7 heteroatoms. The van der Waals surface area contributed by atoms with Gasteiger partial charge in [0, 0.05) is 17.6 Å². The zero-order valence-electron chi connectivity index (χ0n) is 9.69. The largest absolute Gasteiger partial charge is 0.327 e. The number of carbonyl (C=O) groups is 2. The minimum absolute atomic E-state index is 0.180. The summed E-state index contributed by atoms with van der Waals surface area (Å²) < 4.78 is 0. The van der Waals surface area contributed by atoms with Gasteiger partial charge < -0.3 is 10.2 Å². The van der Waals surface area contributed by atoms with Gasteiger partial charge in [0.15, 0.2) is 5.13 Å². The van der Waals surface area contributed by atoms with Crippen molar-refractivity contribution < 1.29 is 9.59 Å². The Balaban J connectivity index is 2.19. The van der Waals surface area contributed by atoms with Crippen LogP contribution in [0.1, 0.15) is 11.8 Å². The van der Waals surface area contributed by atoms with Crippen LogP contribution in [0.25, 0.3) is 0 Å². The van der Waals surface area contributed by atoms with E-state index < -0.39 is 0 Å². The van der Waals surface area contributed by atoms with Crippen molar-refractivity contribution in [2.24, 2.45) is 0 Å². The van der Waals surface area contributed by atoms with Gasteiger partial charge in [0.25, 0.3) is 0 Å². The molecule has 1 aliphatic rings. The maximum Gasteiger partial charge on any atom is 0.249 e. The molecule has 1 fully saturated rings. The molecule has 6 nitrogen and oxygen atoms in total. The molecule has 1 saturated heterocycles. The number of carbonyl (C=O) groups excluding carboxylic acids is 2. The smallest absolute Gasteiger partial charge is 0.249 e. The highest BCUT2D eigenvalue weighted by atomic mass is 32.1. The summed E-state index contributed by atoms with van der Waals surface area (Å²) in [6.45, 7) is 2.68. The van der Waals surface area contributed by atoms with Gasteiger partial charge in [-0.2, -0.15) is 0 Å². The summed E-state index contributed by atoms with van der Waals surface area (Å²) in [6.07, 6.45) is 1.76. The number of nitrogens with one attached hydrogen (secondary N) is 2. The minimum Gasteiger partial charge on any atom is -0.327 e. The molecular formula is C10H14N4O2S. The maximum absolute atomic E-state index is 11.5. The lowest BCUT2D eigenvalue weighted by Gasteiger charge is -2.31. The van der Waals surface area contributed by atoms with Crippen molar-refractivity contribution in [2.75, 3.05) is 18.5 Å². The van der Waals surface area contributed by atoms with Gasteiger partial charge in [0.1, 0.15) is 12.6 Å². The first kappa shape index (κ1) is 12.0. The molecular weight excluding hydrogens is 240 g/mol. The Hall–Kier alpha value is -1.47. The lowest BCUT2D eigenvalue weighted by Crippen LogP contribution is -2.57. The molecule has 92 valence electrons. The Morgan fingerprint density at radius 2 is 2.41 bits per heavy atom. The Labute approximate surface area is 103 Å². The Kier molecular flexibility index (Phi) is 3.39. The van der Waals surface area contributed by atoms with E-state index in [4.69, 9.17) is 0 Å². The summed E-state index contributed by atoms with van der Waals surface area (Å²) in [4.78, 5) is 29.9. The van der Waals surface area contributed by atoms with Crippen LogP contribution >= 0.6 is 11.3 Å². The van der Waals surface area contributed by atoms with Crippen molar-refractivity contribution in [2.45, 2.75) is 19.5 Å². The predicted molar refractivity (Wildman–Crippen MR) is 64.8 cm³/mol. The zero-order valence-corrected chi connectivity index (χ0v) is 10.5. The molecule has 2 amide bonds. The molecule has 1 aromatic rings. The van der Waals surface area contributed by atoms with Crippen molar-refractivity contribution in [1.29, 1.82) is 0 Å². The van der Waals surface area contributed by atoms with Gasteiger partial charge in [-0.3, -0.25) is 14.9 Å². The molecule has 2 rings (SSSR count). The molecule has 1 aromatic heterocycles. The second-order valence-electron chi connectivity index (χ2n) is 3.86. The summed E-state index contributed by atoms with van der Waals surface area (Å²) in [5, 5.41) is 6.05. The van der Waals surface area contributed by atoms with Crippen molar-refractivity contribution in [3.8, 4) is 0 Å². The van der Waals surface area contributed by atoms with Crippen LogP contribution in [-0.4, -0.2) is 36.4 Å². The van der Waals surface area contributed by atoms with Crippen LogP contribution in [-0.2, 0) is 16.1 Å². The predicted octanol–water partition coefficient (Wildman–Crippen LogP) is -0.286. The molecule has 1 atom stereocenters. The van der Waals surface area contributed by atoms with E-state index in [0.29, 0.717) is 5.13 Å². The molecule has 0 bridgehead atoms. The van der Waals surface area contributed by atoms with Crippen LogP contribution in [0.2, 0.25) is 0 Å². The van der Waals surface area contributed by atoms with Crippen molar-refractivity contribution in [3.63, 3.8) is 0 Å². The number of hydrogen-bond acceptors (Lipinski definition) is 6. The van der Waals surface area contributed by atoms with Crippen LogP contribution in [0.3, 0.4) is 0 Å². The molecule has 0 saturated carbocycles. The average molecular weight is 254 g/mol. The van der Waals surface area contributed by atoms with Crippen molar-refractivity contribution in [3.05, 3.63) is 11.1 Å². The Morgan fingerprint density at radius 1 is 1.65 bits per heavy atom. The van der Waals surface area contributed by atoms with Crippen LogP contribution < -0.4 is 15.5 Å². The van der Waals surface area contributed by atoms with E-state index in [1.807, 2.05) is 7.05 Å². The second-order valence-corrected chi connectivity index (χ2v) is 4.95. The lowest BCUT2D eigenvalue weighted by molar-refractivity contribution is -0.132. The third-order valence-electron chi connectivity index (χ3n) is 2.56. The van der Waals surface area contributed by atoms with Crippen LogP contribution in [0.15, 0.2) is 6.20 Å². The van der Waals surface area contributed by atoms with Gasteiger partial charge in [-0.05, 0) is 14.0 Å². The van der Waals surface area contributed by atoms with Crippen molar-refractivity contribution in [1.82, 2.24) is 15.6 Å². The van der Waals surface area contributed by atoms with E-state index in [1.54, 1.807) is 18.0 Å². The fourth-order valence-corrected chi connectivity index (χ4v) is 2.64. The number of imide groups is 1. The fraction of sp³-hybridized carbons (Fsp3) is 0.500. The molecule has 0 spiro atoms. The van der Waals surface area contributed by atoms with Crippen LogP contribution in [0.5, 0.6) is 0 Å². The van der Waals surface area contributed by atoms with E-state index in [1.165, 1.54) is 11.3 Å². The van der Waals surface area contributed by atoms with Gasteiger partial charge in [-0.15, -0.1) is 11.3 Å². The Morgan fingerprint density at radius 3 is 3.12 bits per heavy atom. The Bertz CT molecular complexity index is 445. The van der Waals surface area contributed by atoms with E-state index in [2.05, 4.69) is 15.6 Å². The highest BCUT2D eigenvalue weighted by Gasteiger charge is 2.31. The quantitative estimate of drug-likeness (QED) is 0.725.